The molecule has 1 aliphatic rings. The van der Waals surface area contributed by atoms with E-state index < -0.39 is 6.10 Å². The summed E-state index contributed by atoms with van der Waals surface area (Å²) in [5.41, 5.74) is 10.2. The first-order valence-corrected chi connectivity index (χ1v) is 15.6. The van der Waals surface area contributed by atoms with Gasteiger partial charge in [-0.1, -0.05) is 67.6 Å². The van der Waals surface area contributed by atoms with E-state index in [1.54, 1.807) is 0 Å². The predicted molar refractivity (Wildman–Crippen MR) is 174 cm³/mol. The topological polar surface area (TPSA) is 123 Å². The molecule has 2 aromatic carbocycles. The monoisotopic (exact) mass is 599 g/mol. The predicted octanol–water partition coefficient (Wildman–Crippen LogP) is 6.62. The Balaban J connectivity index is 1.21. The molecular weight excluding hydrogens is 562 g/mol. The lowest BCUT2D eigenvalue weighted by Gasteiger charge is -2.19. The van der Waals surface area contributed by atoms with Gasteiger partial charge in [0, 0.05) is 34.3 Å². The normalized spacial score (nSPS) is 16.0. The van der Waals surface area contributed by atoms with E-state index in [-0.39, 0.29) is 11.8 Å². The summed E-state index contributed by atoms with van der Waals surface area (Å²) < 4.78 is 3.88. The number of aromatic nitrogens is 9. The van der Waals surface area contributed by atoms with Crippen LogP contribution in [-0.4, -0.2) is 50.3 Å². The molecule has 0 saturated carbocycles. The fraction of sp³-hybridized carbons (Fsp3) is 0.314. The lowest BCUT2D eigenvalue weighted by Crippen LogP contribution is -2.08. The van der Waals surface area contributed by atoms with Gasteiger partial charge in [0.05, 0.1) is 40.9 Å². The van der Waals surface area contributed by atoms with E-state index in [1.807, 2.05) is 58.0 Å². The molecule has 0 amide bonds. The van der Waals surface area contributed by atoms with Crippen LogP contribution in [0.1, 0.15) is 85.1 Å². The molecule has 6 aromatic rings. The zero-order valence-corrected chi connectivity index (χ0v) is 26.0. The van der Waals surface area contributed by atoms with E-state index in [0.29, 0.717) is 6.54 Å². The fourth-order valence-electron chi connectivity index (χ4n) is 6.59. The van der Waals surface area contributed by atoms with Crippen LogP contribution in [0.15, 0.2) is 72.9 Å². The van der Waals surface area contributed by atoms with Crippen molar-refractivity contribution < 1.29 is 5.11 Å². The van der Waals surface area contributed by atoms with Crippen LogP contribution >= 0.6 is 0 Å². The second-order valence-electron chi connectivity index (χ2n) is 12.2. The van der Waals surface area contributed by atoms with Gasteiger partial charge in [0.1, 0.15) is 0 Å². The second-order valence-corrected chi connectivity index (χ2v) is 12.2. The van der Waals surface area contributed by atoms with Crippen LogP contribution in [0.2, 0.25) is 0 Å². The Kier molecular flexibility index (Phi) is 7.58. The van der Waals surface area contributed by atoms with Crippen molar-refractivity contribution in [3.05, 3.63) is 107 Å². The van der Waals surface area contributed by atoms with Crippen molar-refractivity contribution in [1.82, 2.24) is 45.2 Å². The Morgan fingerprint density at radius 2 is 1.84 bits per heavy atom. The highest BCUT2D eigenvalue weighted by Crippen LogP contribution is 2.38. The van der Waals surface area contributed by atoms with Gasteiger partial charge >= 0.3 is 0 Å². The van der Waals surface area contributed by atoms with E-state index in [1.165, 1.54) is 11.1 Å². The van der Waals surface area contributed by atoms with Gasteiger partial charge in [-0.2, -0.15) is 15.4 Å². The Hall–Kier alpha value is -4.96. The van der Waals surface area contributed by atoms with E-state index in [4.69, 9.17) is 15.2 Å². The summed E-state index contributed by atoms with van der Waals surface area (Å²) >= 11 is 0. The number of pyridine rings is 1. The second kappa shape index (κ2) is 11.9. The number of aliphatic hydroxyl groups excluding tert-OH is 1. The number of aliphatic hydroxyl groups is 1. The van der Waals surface area contributed by atoms with Gasteiger partial charge in [-0.25, -0.2) is 4.68 Å². The molecule has 45 heavy (non-hydrogen) atoms. The average Bonchev–Trinajstić information content (AvgIpc) is 3.80. The molecule has 7 rings (SSSR count). The van der Waals surface area contributed by atoms with Crippen LogP contribution in [0.5, 0.6) is 0 Å². The molecule has 0 aliphatic heterocycles. The molecule has 4 heterocycles. The van der Waals surface area contributed by atoms with E-state index in [9.17, 15) is 5.11 Å². The summed E-state index contributed by atoms with van der Waals surface area (Å²) in [5.74, 6) is 1.33. The quantitative estimate of drug-likeness (QED) is 0.201. The van der Waals surface area contributed by atoms with E-state index >= 15 is 0 Å². The Morgan fingerprint density at radius 3 is 2.56 bits per heavy atom. The summed E-state index contributed by atoms with van der Waals surface area (Å²) in [4.78, 5) is 5.05. The van der Waals surface area contributed by atoms with Crippen LogP contribution in [0, 0.1) is 13.8 Å². The number of aryl methyl sites for hydroxylation is 1. The molecule has 10 heteroatoms. The maximum atomic E-state index is 10.9. The highest BCUT2D eigenvalue weighted by molar-refractivity contribution is 5.94. The molecule has 4 aromatic heterocycles. The number of benzene rings is 2. The van der Waals surface area contributed by atoms with Crippen molar-refractivity contribution in [2.75, 3.05) is 0 Å². The molecule has 0 bridgehead atoms. The van der Waals surface area contributed by atoms with Crippen LogP contribution in [0.4, 0.5) is 0 Å². The number of hydrogen-bond donors (Lipinski definition) is 2. The lowest BCUT2D eigenvalue weighted by molar-refractivity contribution is 0.152. The van der Waals surface area contributed by atoms with Gasteiger partial charge < -0.3 is 5.11 Å². The molecule has 0 fully saturated rings. The van der Waals surface area contributed by atoms with E-state index in [0.717, 1.165) is 75.6 Å². The standard InChI is InChI=1S/C35H37N9O/c1-21(2)33-23(4)44(31-18-17-29(36-22(31)3)24-13-15-26(16-14-24)35-37-41-42-38-35)40-34(33)27-11-8-12-30-28(27)19-43(39-30)20-32(45)25-9-6-5-7-10-25/h5-13,17-19,21,26,32,45H,14-16,20H2,1-4H3,(H,37,38,41,42)/t26?,32-/m0/s1. The molecule has 2 N–H and O–H groups in total. The molecule has 0 spiro atoms. The number of hydrogen-bond acceptors (Lipinski definition) is 7. The number of aromatic amines is 1. The molecule has 2 atom stereocenters. The Labute approximate surface area is 261 Å². The molecule has 0 saturated heterocycles. The van der Waals surface area contributed by atoms with Gasteiger partial charge in [-0.3, -0.25) is 9.67 Å². The number of H-pyrrole nitrogens is 1. The number of rotatable bonds is 8. The summed E-state index contributed by atoms with van der Waals surface area (Å²) in [6.45, 7) is 8.99. The minimum Gasteiger partial charge on any atom is -0.386 e. The van der Waals surface area contributed by atoms with Gasteiger partial charge in [-0.15, -0.1) is 10.2 Å². The van der Waals surface area contributed by atoms with Crippen LogP contribution in [0.3, 0.4) is 0 Å². The number of fused-ring (bicyclic) bond motifs is 1. The maximum absolute atomic E-state index is 10.9. The van der Waals surface area contributed by atoms with Gasteiger partial charge in [0.25, 0.3) is 0 Å². The van der Waals surface area contributed by atoms with E-state index in [2.05, 4.69) is 72.6 Å². The summed E-state index contributed by atoms with van der Waals surface area (Å²) in [7, 11) is 0. The van der Waals surface area contributed by atoms with Gasteiger partial charge in [0.15, 0.2) is 5.82 Å². The van der Waals surface area contributed by atoms with Crippen LogP contribution in [-0.2, 0) is 6.54 Å². The maximum Gasteiger partial charge on any atom is 0.177 e. The Morgan fingerprint density at radius 1 is 1.00 bits per heavy atom. The Bertz CT molecular complexity index is 1990. The number of tetrazole rings is 1. The molecule has 1 unspecified atom stereocenters. The van der Waals surface area contributed by atoms with Gasteiger partial charge in [-0.05, 0) is 68.4 Å². The van der Waals surface area contributed by atoms with Crippen molar-refractivity contribution in [3.8, 4) is 16.9 Å². The molecular formula is C35H37N9O. The number of nitrogens with one attached hydrogen (secondary N) is 1. The highest BCUT2D eigenvalue weighted by Gasteiger charge is 2.24. The first-order chi connectivity index (χ1) is 21.9. The first-order valence-electron chi connectivity index (χ1n) is 15.6. The molecule has 10 nitrogen and oxygen atoms in total. The lowest BCUT2D eigenvalue weighted by atomic mass is 9.87. The van der Waals surface area contributed by atoms with Crippen molar-refractivity contribution in [2.45, 2.75) is 71.4 Å². The van der Waals surface area contributed by atoms with Gasteiger partial charge in [0.2, 0.25) is 0 Å². The largest absolute Gasteiger partial charge is 0.386 e. The smallest absolute Gasteiger partial charge is 0.177 e. The summed E-state index contributed by atoms with van der Waals surface area (Å²) in [5, 5.41) is 36.5. The zero-order chi connectivity index (χ0) is 31.1. The first kappa shape index (κ1) is 28.8. The van der Waals surface area contributed by atoms with Crippen molar-refractivity contribution >= 4 is 16.5 Å². The average molecular weight is 600 g/mol. The third-order valence-corrected chi connectivity index (χ3v) is 8.89. The highest BCUT2D eigenvalue weighted by atomic mass is 16.3. The molecule has 0 radical (unpaired) electrons. The minimum atomic E-state index is -0.647. The minimum absolute atomic E-state index is 0.256. The SMILES string of the molecule is Cc1nc(C2=CCC(c3nn[nH]n3)CC2)ccc1-n1nc(-c2cccc3nn(C[C@H](O)c4ccccc4)cc23)c(C(C)C)c1C. The third-order valence-electron chi connectivity index (χ3n) is 8.89. The fourth-order valence-corrected chi connectivity index (χ4v) is 6.59. The number of nitrogens with zero attached hydrogens (tertiary/aromatic N) is 8. The number of allylic oxidation sites excluding steroid dienone is 2. The van der Waals surface area contributed by atoms with Crippen LogP contribution in [0.25, 0.3) is 33.4 Å². The van der Waals surface area contributed by atoms with Crippen molar-refractivity contribution in [1.29, 1.82) is 0 Å². The van der Waals surface area contributed by atoms with Crippen molar-refractivity contribution in [3.63, 3.8) is 0 Å². The summed E-state index contributed by atoms with van der Waals surface area (Å²) in [6.07, 6.45) is 6.42. The van der Waals surface area contributed by atoms with Crippen molar-refractivity contribution in [2.24, 2.45) is 0 Å². The molecule has 228 valence electrons. The third kappa shape index (κ3) is 5.46. The van der Waals surface area contributed by atoms with Crippen LogP contribution < -0.4 is 0 Å². The zero-order valence-electron chi connectivity index (χ0n) is 26.0. The molecule has 1 aliphatic carbocycles. The summed E-state index contributed by atoms with van der Waals surface area (Å²) in [6, 6.07) is 20.1.